The van der Waals surface area contributed by atoms with Crippen LogP contribution < -0.4 is 5.32 Å². The lowest BCUT2D eigenvalue weighted by molar-refractivity contribution is -0.146. The van der Waals surface area contributed by atoms with Gasteiger partial charge in [-0.1, -0.05) is 11.8 Å². The fourth-order valence-electron chi connectivity index (χ4n) is 2.77. The van der Waals surface area contributed by atoms with Gasteiger partial charge in [0.15, 0.2) is 5.76 Å². The van der Waals surface area contributed by atoms with Crippen LogP contribution in [0.5, 0.6) is 0 Å². The first-order valence-electron chi connectivity index (χ1n) is 8.34. The van der Waals surface area contributed by atoms with Gasteiger partial charge < -0.3 is 19.5 Å². The molecule has 11 heteroatoms. The van der Waals surface area contributed by atoms with E-state index in [0.717, 1.165) is 16.7 Å². The first-order valence-corrected chi connectivity index (χ1v) is 9.33. The number of furan rings is 1. The van der Waals surface area contributed by atoms with Gasteiger partial charge in [-0.3, -0.25) is 28.9 Å². The molecule has 1 aromatic rings. The van der Waals surface area contributed by atoms with E-state index in [1.165, 1.54) is 11.2 Å². The summed E-state index contributed by atoms with van der Waals surface area (Å²) in [6, 6.07) is 3.20. The summed E-state index contributed by atoms with van der Waals surface area (Å²) in [7, 11) is 0. The summed E-state index contributed by atoms with van der Waals surface area (Å²) in [5.74, 6) is -1.72. The molecule has 27 heavy (non-hydrogen) atoms. The number of carbonyl (C=O) groups is 5. The molecule has 3 rings (SSSR count). The van der Waals surface area contributed by atoms with Gasteiger partial charge >= 0.3 is 11.8 Å². The van der Waals surface area contributed by atoms with Gasteiger partial charge in [-0.15, -0.1) is 0 Å². The van der Waals surface area contributed by atoms with Crippen LogP contribution in [0, 0.1) is 0 Å². The molecule has 0 unspecified atom stereocenters. The monoisotopic (exact) mass is 394 g/mol. The maximum absolute atomic E-state index is 12.2. The number of nitrogens with zero attached hydrogens (tertiary/aromatic N) is 3. The number of amides is 5. The second kappa shape index (κ2) is 8.25. The minimum absolute atomic E-state index is 0.0135. The molecule has 0 radical (unpaired) electrons. The fraction of sp³-hybridized carbons (Fsp3) is 0.438. The first-order chi connectivity index (χ1) is 13.0. The van der Waals surface area contributed by atoms with E-state index in [4.69, 9.17) is 4.42 Å². The Labute approximate surface area is 158 Å². The largest absolute Gasteiger partial charge is 0.459 e. The smallest absolute Gasteiger partial charge is 0.312 e. The highest BCUT2D eigenvalue weighted by Gasteiger charge is 2.31. The molecular formula is C16H18N4O6S. The molecule has 1 aromatic heterocycles. The van der Waals surface area contributed by atoms with E-state index in [9.17, 15) is 24.0 Å². The van der Waals surface area contributed by atoms with Crippen molar-refractivity contribution in [1.29, 1.82) is 0 Å². The van der Waals surface area contributed by atoms with E-state index in [1.807, 2.05) is 0 Å². The molecule has 3 heterocycles. The zero-order valence-corrected chi connectivity index (χ0v) is 15.2. The minimum Gasteiger partial charge on any atom is -0.459 e. The maximum atomic E-state index is 12.2. The predicted molar refractivity (Wildman–Crippen MR) is 93.8 cm³/mol. The number of carbonyl (C=O) groups excluding carboxylic acids is 5. The molecule has 2 aliphatic rings. The van der Waals surface area contributed by atoms with Crippen molar-refractivity contribution in [3.8, 4) is 0 Å². The molecule has 0 saturated carbocycles. The van der Waals surface area contributed by atoms with Crippen molar-refractivity contribution in [3.05, 3.63) is 24.2 Å². The normalized spacial score (nSPS) is 17.4. The van der Waals surface area contributed by atoms with Crippen molar-refractivity contribution in [3.63, 3.8) is 0 Å². The summed E-state index contributed by atoms with van der Waals surface area (Å²) in [5.41, 5.74) is 0. The lowest BCUT2D eigenvalue weighted by Crippen LogP contribution is -2.54. The van der Waals surface area contributed by atoms with E-state index >= 15 is 0 Å². The van der Waals surface area contributed by atoms with Crippen LogP contribution in [0.1, 0.15) is 10.6 Å². The first kappa shape index (κ1) is 19.0. The van der Waals surface area contributed by atoms with Crippen molar-refractivity contribution in [1.82, 2.24) is 20.0 Å². The molecule has 5 amide bonds. The van der Waals surface area contributed by atoms with Crippen LogP contribution >= 0.6 is 11.8 Å². The number of nitrogens with one attached hydrogen (secondary N) is 1. The van der Waals surface area contributed by atoms with Crippen molar-refractivity contribution in [2.75, 3.05) is 45.0 Å². The molecule has 2 saturated heterocycles. The van der Waals surface area contributed by atoms with Gasteiger partial charge in [0.05, 0.1) is 12.0 Å². The van der Waals surface area contributed by atoms with Gasteiger partial charge in [-0.05, 0) is 12.1 Å². The highest BCUT2D eigenvalue weighted by atomic mass is 32.2. The van der Waals surface area contributed by atoms with Gasteiger partial charge in [0.1, 0.15) is 0 Å². The lowest BCUT2D eigenvalue weighted by atomic mass is 10.2. The molecule has 0 bridgehead atoms. The lowest BCUT2D eigenvalue weighted by Gasteiger charge is -2.33. The SMILES string of the molecule is O=C(NCCN1C(=O)CSC1=O)C(=O)N1CCN(C(=O)c2ccco2)CC1. The minimum atomic E-state index is -0.799. The van der Waals surface area contributed by atoms with Crippen LogP contribution in [0.4, 0.5) is 4.79 Å². The van der Waals surface area contributed by atoms with Crippen LogP contribution in [-0.4, -0.2) is 88.6 Å². The van der Waals surface area contributed by atoms with Crippen LogP contribution in [0.15, 0.2) is 22.8 Å². The quantitative estimate of drug-likeness (QED) is 0.676. The Morgan fingerprint density at radius 1 is 1.11 bits per heavy atom. The van der Waals surface area contributed by atoms with E-state index in [2.05, 4.69) is 5.32 Å². The van der Waals surface area contributed by atoms with E-state index < -0.39 is 11.8 Å². The Kier molecular flexibility index (Phi) is 5.79. The molecule has 10 nitrogen and oxygen atoms in total. The van der Waals surface area contributed by atoms with Gasteiger partial charge in [0, 0.05) is 39.3 Å². The van der Waals surface area contributed by atoms with Crippen molar-refractivity contribution < 1.29 is 28.4 Å². The third kappa shape index (κ3) is 4.30. The number of piperazine rings is 1. The maximum Gasteiger partial charge on any atom is 0.312 e. The summed E-state index contributed by atoms with van der Waals surface area (Å²) in [6.45, 7) is 1.12. The molecule has 144 valence electrons. The van der Waals surface area contributed by atoms with Crippen LogP contribution in [0.3, 0.4) is 0 Å². The number of rotatable bonds is 4. The van der Waals surface area contributed by atoms with Crippen LogP contribution in [-0.2, 0) is 14.4 Å². The Balaban J connectivity index is 1.42. The van der Waals surface area contributed by atoms with Crippen LogP contribution in [0.25, 0.3) is 0 Å². The average Bonchev–Trinajstić information content (AvgIpc) is 3.32. The second-order valence-electron chi connectivity index (χ2n) is 5.92. The summed E-state index contributed by atoms with van der Waals surface area (Å²) < 4.78 is 5.07. The van der Waals surface area contributed by atoms with E-state index in [1.54, 1.807) is 17.0 Å². The molecule has 0 aromatic carbocycles. The topological polar surface area (TPSA) is 120 Å². The summed E-state index contributed by atoms with van der Waals surface area (Å²) in [6.07, 6.45) is 1.42. The Morgan fingerprint density at radius 2 is 1.81 bits per heavy atom. The zero-order valence-electron chi connectivity index (χ0n) is 14.4. The van der Waals surface area contributed by atoms with Gasteiger partial charge in [-0.25, -0.2) is 0 Å². The molecule has 0 aliphatic carbocycles. The van der Waals surface area contributed by atoms with E-state index in [0.29, 0.717) is 13.1 Å². The summed E-state index contributed by atoms with van der Waals surface area (Å²) >= 11 is 0.913. The summed E-state index contributed by atoms with van der Waals surface area (Å²) in [5, 5.41) is 2.07. The number of hydrogen-bond acceptors (Lipinski definition) is 7. The Bertz CT molecular complexity index is 741. The molecule has 2 aliphatic heterocycles. The van der Waals surface area contributed by atoms with Gasteiger partial charge in [-0.2, -0.15) is 0 Å². The average molecular weight is 394 g/mol. The number of imide groups is 1. The Morgan fingerprint density at radius 3 is 2.41 bits per heavy atom. The van der Waals surface area contributed by atoms with Crippen molar-refractivity contribution in [2.45, 2.75) is 0 Å². The Hall–Kier alpha value is -2.82. The van der Waals surface area contributed by atoms with Gasteiger partial charge in [0.2, 0.25) is 5.91 Å². The second-order valence-corrected chi connectivity index (χ2v) is 6.84. The molecule has 0 atom stereocenters. The van der Waals surface area contributed by atoms with Crippen LogP contribution in [0.2, 0.25) is 0 Å². The molecule has 2 fully saturated rings. The number of hydrogen-bond donors (Lipinski definition) is 1. The molecule has 0 spiro atoms. The van der Waals surface area contributed by atoms with Crippen molar-refractivity contribution >= 4 is 40.6 Å². The fourth-order valence-corrected chi connectivity index (χ4v) is 3.52. The molecular weight excluding hydrogens is 376 g/mol. The zero-order chi connectivity index (χ0) is 19.4. The highest BCUT2D eigenvalue weighted by Crippen LogP contribution is 2.17. The third-order valence-electron chi connectivity index (χ3n) is 4.24. The third-order valence-corrected chi connectivity index (χ3v) is 5.10. The van der Waals surface area contributed by atoms with Gasteiger partial charge in [0.25, 0.3) is 11.1 Å². The van der Waals surface area contributed by atoms with Crippen molar-refractivity contribution in [2.24, 2.45) is 0 Å². The predicted octanol–water partition coefficient (Wildman–Crippen LogP) is -0.624. The molecule has 1 N–H and O–H groups in total. The summed E-state index contributed by atoms with van der Waals surface area (Å²) in [4.78, 5) is 63.3. The number of thioether (sulfide) groups is 1. The van der Waals surface area contributed by atoms with E-state index in [-0.39, 0.29) is 54.7 Å². The standard InChI is InChI=1S/C16H18N4O6S/c21-12-10-27-16(25)20(12)4-3-17-13(22)15(24)19-7-5-18(6-8-19)14(23)11-2-1-9-26-11/h1-2,9H,3-8,10H2,(H,17,22). The highest BCUT2D eigenvalue weighted by molar-refractivity contribution is 8.14.